The van der Waals surface area contributed by atoms with Crippen LogP contribution >= 0.6 is 0 Å². The number of aromatic nitrogens is 2. The van der Waals surface area contributed by atoms with Crippen LogP contribution in [-0.4, -0.2) is 39.5 Å². The van der Waals surface area contributed by atoms with Crippen LogP contribution < -0.4 is 0 Å². The van der Waals surface area contributed by atoms with Gasteiger partial charge in [-0.1, -0.05) is 0 Å². The summed E-state index contributed by atoms with van der Waals surface area (Å²) >= 11 is 0. The van der Waals surface area contributed by atoms with Crippen LogP contribution in [0, 0.1) is 0 Å². The molecule has 0 saturated heterocycles. The van der Waals surface area contributed by atoms with Crippen LogP contribution in [0.5, 0.6) is 0 Å². The number of likely N-dealkylation sites (N-methyl/N-ethyl adjacent to an activating group) is 1. The number of carbonyl (C=O) groups is 1. The summed E-state index contributed by atoms with van der Waals surface area (Å²) in [6.07, 6.45) is 2.10. The van der Waals surface area contributed by atoms with Crippen LogP contribution in [0.4, 0.5) is 0 Å². The lowest BCUT2D eigenvalue weighted by Gasteiger charge is -2.22. The fourth-order valence-corrected chi connectivity index (χ4v) is 1.52. The molecule has 0 aliphatic carbocycles. The topological polar surface area (TPSA) is 66.3 Å². The zero-order valence-electron chi connectivity index (χ0n) is 7.90. The van der Waals surface area contributed by atoms with E-state index >= 15 is 0 Å². The van der Waals surface area contributed by atoms with Gasteiger partial charge in [-0.2, -0.15) is 0 Å². The van der Waals surface area contributed by atoms with E-state index in [-0.39, 0.29) is 5.69 Å². The third kappa shape index (κ3) is 1.58. The fourth-order valence-electron chi connectivity index (χ4n) is 1.52. The minimum atomic E-state index is -1.01. The Bertz CT molecular complexity index is 378. The molecule has 1 aliphatic rings. The normalized spacial score (nSPS) is 16.4. The zero-order chi connectivity index (χ0) is 10.1. The average molecular weight is 193 g/mol. The first kappa shape index (κ1) is 9.08. The molecule has 1 aliphatic heterocycles. The Morgan fingerprint density at radius 2 is 2.36 bits per heavy atom. The van der Waals surface area contributed by atoms with Crippen molar-refractivity contribution in [2.45, 2.75) is 13.0 Å². The largest absolute Gasteiger partial charge is 0.476 e. The molecule has 0 amide bonds. The Morgan fingerprint density at radius 3 is 3.07 bits per heavy atom. The highest BCUT2D eigenvalue weighted by Gasteiger charge is 2.17. The number of hydrogen-bond donors (Lipinski definition) is 1. The second-order valence-corrected chi connectivity index (χ2v) is 3.44. The van der Waals surface area contributed by atoms with Gasteiger partial charge in [0, 0.05) is 19.5 Å². The van der Waals surface area contributed by atoms with E-state index < -0.39 is 5.97 Å². The molecule has 0 bridgehead atoms. The highest BCUT2D eigenvalue weighted by atomic mass is 16.4. The molecule has 5 heteroatoms. The fraction of sp³-hybridized carbons (Fsp3) is 0.444. The van der Waals surface area contributed by atoms with E-state index in [2.05, 4.69) is 14.9 Å². The maximum absolute atomic E-state index is 10.6. The molecule has 1 aromatic rings. The number of hydrogen-bond acceptors (Lipinski definition) is 4. The predicted octanol–water partition coefficient (Wildman–Crippen LogP) is 0.163. The summed E-state index contributed by atoms with van der Waals surface area (Å²) in [5.74, 6) is -1.01. The molecule has 0 unspecified atom stereocenters. The number of carboxylic acids is 1. The van der Waals surface area contributed by atoms with Crippen molar-refractivity contribution in [3.05, 3.63) is 23.3 Å². The van der Waals surface area contributed by atoms with Gasteiger partial charge < -0.3 is 10.0 Å². The van der Waals surface area contributed by atoms with Gasteiger partial charge in [-0.05, 0) is 7.05 Å². The van der Waals surface area contributed by atoms with Crippen LogP contribution in [0.15, 0.2) is 6.20 Å². The number of carboxylic acid groups (broad SMARTS) is 1. The Hall–Kier alpha value is -1.49. The second-order valence-electron chi connectivity index (χ2n) is 3.44. The molecular formula is C9H11N3O2. The molecule has 5 nitrogen and oxygen atoms in total. The van der Waals surface area contributed by atoms with Gasteiger partial charge in [0.1, 0.15) is 0 Å². The maximum Gasteiger partial charge on any atom is 0.356 e. The summed E-state index contributed by atoms with van der Waals surface area (Å²) in [5, 5.41) is 8.73. The molecule has 1 N–H and O–H groups in total. The van der Waals surface area contributed by atoms with Crippen LogP contribution in [0.1, 0.15) is 21.9 Å². The van der Waals surface area contributed by atoms with Crippen molar-refractivity contribution in [2.24, 2.45) is 0 Å². The molecule has 14 heavy (non-hydrogen) atoms. The van der Waals surface area contributed by atoms with E-state index in [0.29, 0.717) is 0 Å². The van der Waals surface area contributed by atoms with Crippen molar-refractivity contribution in [1.82, 2.24) is 14.9 Å². The zero-order valence-corrected chi connectivity index (χ0v) is 7.90. The van der Waals surface area contributed by atoms with Crippen molar-refractivity contribution >= 4 is 5.97 Å². The quantitative estimate of drug-likeness (QED) is 0.688. The van der Waals surface area contributed by atoms with Gasteiger partial charge >= 0.3 is 5.97 Å². The Balaban J connectivity index is 2.36. The average Bonchev–Trinajstić information content (AvgIpc) is 2.16. The van der Waals surface area contributed by atoms with Crippen LogP contribution in [0.25, 0.3) is 0 Å². The molecule has 0 atom stereocenters. The summed E-state index contributed by atoms with van der Waals surface area (Å²) in [4.78, 5) is 20.9. The standard InChI is InChI=1S/C9H11N3O2/c1-12-3-2-6-8(5-12)10-4-7(11-6)9(13)14/h4H,2-3,5H2,1H3,(H,13,14). The molecule has 0 saturated carbocycles. The monoisotopic (exact) mass is 193 g/mol. The van der Waals surface area contributed by atoms with Crippen molar-refractivity contribution in [2.75, 3.05) is 13.6 Å². The summed E-state index contributed by atoms with van der Waals surface area (Å²) in [6.45, 7) is 1.66. The second kappa shape index (κ2) is 3.34. The van der Waals surface area contributed by atoms with E-state index in [1.165, 1.54) is 6.20 Å². The smallest absolute Gasteiger partial charge is 0.356 e. The molecule has 2 heterocycles. The van der Waals surface area contributed by atoms with Gasteiger partial charge in [-0.3, -0.25) is 4.98 Å². The lowest BCUT2D eigenvalue weighted by atomic mass is 10.1. The minimum absolute atomic E-state index is 0.0355. The molecule has 0 aromatic carbocycles. The van der Waals surface area contributed by atoms with E-state index in [1.54, 1.807) is 0 Å². The molecule has 74 valence electrons. The van der Waals surface area contributed by atoms with Gasteiger partial charge in [0.05, 0.1) is 17.6 Å². The lowest BCUT2D eigenvalue weighted by Crippen LogP contribution is -2.28. The Labute approximate surface area is 81.4 Å². The van der Waals surface area contributed by atoms with Crippen molar-refractivity contribution in [1.29, 1.82) is 0 Å². The Morgan fingerprint density at radius 1 is 1.57 bits per heavy atom. The van der Waals surface area contributed by atoms with Crippen molar-refractivity contribution in [3.63, 3.8) is 0 Å². The van der Waals surface area contributed by atoms with Crippen molar-refractivity contribution < 1.29 is 9.90 Å². The molecule has 0 radical (unpaired) electrons. The van der Waals surface area contributed by atoms with Gasteiger partial charge in [0.15, 0.2) is 5.69 Å². The third-order valence-electron chi connectivity index (χ3n) is 2.30. The first-order chi connectivity index (χ1) is 6.66. The van der Waals surface area contributed by atoms with Gasteiger partial charge in [0.25, 0.3) is 0 Å². The van der Waals surface area contributed by atoms with Crippen LogP contribution in [0.3, 0.4) is 0 Å². The number of rotatable bonds is 1. The molecular weight excluding hydrogens is 182 g/mol. The minimum Gasteiger partial charge on any atom is -0.476 e. The third-order valence-corrected chi connectivity index (χ3v) is 2.30. The van der Waals surface area contributed by atoms with E-state index in [4.69, 9.17) is 5.11 Å². The predicted molar refractivity (Wildman–Crippen MR) is 49.0 cm³/mol. The van der Waals surface area contributed by atoms with Crippen LogP contribution in [0.2, 0.25) is 0 Å². The molecule has 0 spiro atoms. The molecule has 0 fully saturated rings. The first-order valence-electron chi connectivity index (χ1n) is 4.43. The summed E-state index contributed by atoms with van der Waals surface area (Å²) < 4.78 is 0. The highest BCUT2D eigenvalue weighted by molar-refractivity contribution is 5.84. The van der Waals surface area contributed by atoms with E-state index in [1.807, 2.05) is 7.05 Å². The van der Waals surface area contributed by atoms with Gasteiger partial charge in [0.2, 0.25) is 0 Å². The molecule has 2 rings (SSSR count). The summed E-state index contributed by atoms with van der Waals surface area (Å²) in [6, 6.07) is 0. The lowest BCUT2D eigenvalue weighted by molar-refractivity contribution is 0.0689. The van der Waals surface area contributed by atoms with Crippen molar-refractivity contribution in [3.8, 4) is 0 Å². The first-order valence-corrected chi connectivity index (χ1v) is 4.43. The summed E-state index contributed by atoms with van der Waals surface area (Å²) in [7, 11) is 2.01. The Kier molecular flexibility index (Phi) is 2.17. The van der Waals surface area contributed by atoms with E-state index in [0.717, 1.165) is 30.9 Å². The van der Waals surface area contributed by atoms with Gasteiger partial charge in [-0.15, -0.1) is 0 Å². The van der Waals surface area contributed by atoms with E-state index in [9.17, 15) is 4.79 Å². The molecule has 1 aromatic heterocycles. The number of fused-ring (bicyclic) bond motifs is 1. The maximum atomic E-state index is 10.6. The summed E-state index contributed by atoms with van der Waals surface area (Å²) in [5.41, 5.74) is 1.75. The number of aromatic carboxylic acids is 1. The highest BCUT2D eigenvalue weighted by Crippen LogP contribution is 2.13. The number of nitrogens with zero attached hydrogens (tertiary/aromatic N) is 3. The van der Waals surface area contributed by atoms with Gasteiger partial charge in [-0.25, -0.2) is 9.78 Å². The SMILES string of the molecule is CN1CCc2nc(C(=O)O)cnc2C1. The van der Waals surface area contributed by atoms with Crippen LogP contribution in [-0.2, 0) is 13.0 Å².